The molecule has 0 radical (unpaired) electrons. The van der Waals surface area contributed by atoms with E-state index in [0.717, 1.165) is 6.42 Å². The lowest BCUT2D eigenvalue weighted by Gasteiger charge is -1.94. The summed E-state index contributed by atoms with van der Waals surface area (Å²) in [6.45, 7) is 0. The van der Waals surface area contributed by atoms with Crippen molar-refractivity contribution < 1.29 is 4.79 Å². The minimum atomic E-state index is -0.0853. The summed E-state index contributed by atoms with van der Waals surface area (Å²) in [5.74, 6) is -0.0853. The molecule has 2 heteroatoms. The average molecular weight is 129 g/mol. The summed E-state index contributed by atoms with van der Waals surface area (Å²) < 4.78 is 0. The molecule has 0 atom stereocenters. The van der Waals surface area contributed by atoms with Crippen molar-refractivity contribution >= 4 is 17.4 Å². The Labute approximate surface area is 52.6 Å². The molecule has 0 aromatic carbocycles. The highest BCUT2D eigenvalue weighted by Gasteiger charge is 2.03. The second-order valence-electron chi connectivity index (χ2n) is 1.55. The molecule has 0 saturated heterocycles. The molecule has 0 fully saturated rings. The van der Waals surface area contributed by atoms with E-state index in [2.05, 4.69) is 0 Å². The van der Waals surface area contributed by atoms with Gasteiger partial charge in [-0.15, -0.1) is 0 Å². The third-order valence-corrected chi connectivity index (χ3v) is 1.28. The summed E-state index contributed by atoms with van der Waals surface area (Å²) in [6, 6.07) is 0. The van der Waals surface area contributed by atoms with Crippen molar-refractivity contribution in [3.63, 3.8) is 0 Å². The van der Waals surface area contributed by atoms with Gasteiger partial charge in [0.25, 0.3) is 0 Å². The van der Waals surface area contributed by atoms with Gasteiger partial charge >= 0.3 is 0 Å². The van der Waals surface area contributed by atoms with Crippen molar-refractivity contribution in [3.8, 4) is 0 Å². The monoisotopic (exact) mass is 128 g/mol. The lowest BCUT2D eigenvalue weighted by atomic mass is 10.2. The zero-order chi connectivity index (χ0) is 5.98. The van der Waals surface area contributed by atoms with E-state index in [9.17, 15) is 4.79 Å². The van der Waals surface area contributed by atoms with E-state index >= 15 is 0 Å². The molecule has 0 unspecified atom stereocenters. The van der Waals surface area contributed by atoms with Crippen molar-refractivity contribution in [2.75, 3.05) is 0 Å². The molecule has 0 amide bonds. The van der Waals surface area contributed by atoms with Crippen LogP contribution in [0.1, 0.15) is 6.42 Å². The number of ketones is 1. The summed E-state index contributed by atoms with van der Waals surface area (Å²) in [5.41, 5.74) is 0. The minimum Gasteiger partial charge on any atom is -0.288 e. The SMILES string of the molecule is O=C1C=CCC=C1Cl. The quantitative estimate of drug-likeness (QED) is 0.485. The molecular formula is C6H5ClO. The average Bonchev–Trinajstić information content (AvgIpc) is 1.77. The molecular weight excluding hydrogens is 124 g/mol. The molecule has 42 valence electrons. The number of hydrogen-bond acceptors (Lipinski definition) is 1. The van der Waals surface area contributed by atoms with Crippen LogP contribution in [0.3, 0.4) is 0 Å². The highest BCUT2D eigenvalue weighted by Crippen LogP contribution is 2.09. The molecule has 0 spiro atoms. The van der Waals surface area contributed by atoms with E-state index in [4.69, 9.17) is 11.6 Å². The first-order valence-electron chi connectivity index (χ1n) is 2.37. The first-order valence-corrected chi connectivity index (χ1v) is 2.75. The smallest absolute Gasteiger partial charge is 0.196 e. The largest absolute Gasteiger partial charge is 0.288 e. The summed E-state index contributed by atoms with van der Waals surface area (Å²) in [4.78, 5) is 10.5. The molecule has 0 bridgehead atoms. The Balaban J connectivity index is 2.78. The number of hydrogen-bond donors (Lipinski definition) is 0. The zero-order valence-electron chi connectivity index (χ0n) is 4.23. The highest BCUT2D eigenvalue weighted by atomic mass is 35.5. The van der Waals surface area contributed by atoms with Gasteiger partial charge in [-0.3, -0.25) is 4.79 Å². The number of carbonyl (C=O) groups excluding carboxylic acids is 1. The predicted octanol–water partition coefficient (Wildman–Crippen LogP) is 1.64. The van der Waals surface area contributed by atoms with Gasteiger partial charge in [-0.1, -0.05) is 23.8 Å². The van der Waals surface area contributed by atoms with Crippen LogP contribution in [0.5, 0.6) is 0 Å². The summed E-state index contributed by atoms with van der Waals surface area (Å²) in [7, 11) is 0. The summed E-state index contributed by atoms with van der Waals surface area (Å²) >= 11 is 5.43. The fourth-order valence-electron chi connectivity index (χ4n) is 0.527. The van der Waals surface area contributed by atoms with Gasteiger partial charge in [0.15, 0.2) is 5.78 Å². The van der Waals surface area contributed by atoms with Crippen LogP contribution in [-0.2, 0) is 4.79 Å². The fourth-order valence-corrected chi connectivity index (χ4v) is 0.679. The topological polar surface area (TPSA) is 17.1 Å². The van der Waals surface area contributed by atoms with Crippen LogP contribution in [0.15, 0.2) is 23.3 Å². The van der Waals surface area contributed by atoms with Crippen LogP contribution in [0.25, 0.3) is 0 Å². The van der Waals surface area contributed by atoms with Gasteiger partial charge in [-0.25, -0.2) is 0 Å². The van der Waals surface area contributed by atoms with Crippen LogP contribution < -0.4 is 0 Å². The van der Waals surface area contributed by atoms with Gasteiger partial charge in [-0.2, -0.15) is 0 Å². The van der Waals surface area contributed by atoms with Gasteiger partial charge in [0.2, 0.25) is 0 Å². The molecule has 0 N–H and O–H groups in total. The van der Waals surface area contributed by atoms with Crippen LogP contribution >= 0.6 is 11.6 Å². The molecule has 0 aromatic rings. The number of halogens is 1. The minimum absolute atomic E-state index is 0.0853. The van der Waals surface area contributed by atoms with Crippen LogP contribution in [0.4, 0.5) is 0 Å². The molecule has 1 aliphatic carbocycles. The third-order valence-electron chi connectivity index (χ3n) is 0.938. The first kappa shape index (κ1) is 5.57. The molecule has 8 heavy (non-hydrogen) atoms. The van der Waals surface area contributed by atoms with Crippen molar-refractivity contribution in [1.29, 1.82) is 0 Å². The second kappa shape index (κ2) is 2.14. The molecule has 0 aromatic heterocycles. The third kappa shape index (κ3) is 0.984. The van der Waals surface area contributed by atoms with Crippen molar-refractivity contribution in [2.45, 2.75) is 6.42 Å². The summed E-state index contributed by atoms with van der Waals surface area (Å²) in [6.07, 6.45) is 5.75. The van der Waals surface area contributed by atoms with E-state index in [-0.39, 0.29) is 5.78 Å². The second-order valence-corrected chi connectivity index (χ2v) is 1.96. The maximum atomic E-state index is 10.5. The van der Waals surface area contributed by atoms with E-state index < -0.39 is 0 Å². The lowest BCUT2D eigenvalue weighted by molar-refractivity contribution is -0.110. The van der Waals surface area contributed by atoms with Gasteiger partial charge in [-0.05, 0) is 12.5 Å². The Hall–Kier alpha value is -0.560. The Kier molecular flexibility index (Phi) is 1.49. The number of carbonyl (C=O) groups is 1. The van der Waals surface area contributed by atoms with Gasteiger partial charge < -0.3 is 0 Å². The lowest BCUT2D eigenvalue weighted by Crippen LogP contribution is -1.94. The highest BCUT2D eigenvalue weighted by molar-refractivity contribution is 6.44. The number of allylic oxidation sites excluding steroid dienone is 4. The normalized spacial score (nSPS) is 18.6. The van der Waals surface area contributed by atoms with Crippen LogP contribution in [0, 0.1) is 0 Å². The molecule has 0 aliphatic heterocycles. The van der Waals surface area contributed by atoms with Crippen LogP contribution in [0.2, 0.25) is 0 Å². The molecule has 0 heterocycles. The molecule has 0 saturated carbocycles. The molecule has 1 aliphatic rings. The predicted molar refractivity (Wildman–Crippen MR) is 32.7 cm³/mol. The molecule has 1 nitrogen and oxygen atoms in total. The maximum absolute atomic E-state index is 10.5. The standard InChI is InChI=1S/C6H5ClO/c7-5-3-1-2-4-6(5)8/h2-4H,1H2. The Bertz CT molecular complexity index is 167. The Morgan fingerprint density at radius 3 is 2.75 bits per heavy atom. The maximum Gasteiger partial charge on any atom is 0.196 e. The van der Waals surface area contributed by atoms with Crippen LogP contribution in [-0.4, -0.2) is 5.78 Å². The Morgan fingerprint density at radius 2 is 2.38 bits per heavy atom. The van der Waals surface area contributed by atoms with Gasteiger partial charge in [0.05, 0.1) is 5.03 Å². The van der Waals surface area contributed by atoms with E-state index in [0.29, 0.717) is 5.03 Å². The van der Waals surface area contributed by atoms with E-state index in [1.165, 1.54) is 6.08 Å². The van der Waals surface area contributed by atoms with Crippen molar-refractivity contribution in [1.82, 2.24) is 0 Å². The van der Waals surface area contributed by atoms with Crippen molar-refractivity contribution in [2.24, 2.45) is 0 Å². The fraction of sp³-hybridized carbons (Fsp3) is 0.167. The van der Waals surface area contributed by atoms with Crippen molar-refractivity contribution in [3.05, 3.63) is 23.3 Å². The Morgan fingerprint density at radius 1 is 1.62 bits per heavy atom. The van der Waals surface area contributed by atoms with Gasteiger partial charge in [0, 0.05) is 0 Å². The molecule has 1 rings (SSSR count). The van der Waals surface area contributed by atoms with E-state index in [1.54, 1.807) is 12.2 Å². The summed E-state index contributed by atoms with van der Waals surface area (Å²) in [5, 5.41) is 0.340. The van der Waals surface area contributed by atoms with Gasteiger partial charge in [0.1, 0.15) is 0 Å². The van der Waals surface area contributed by atoms with E-state index in [1.807, 2.05) is 0 Å². The zero-order valence-corrected chi connectivity index (χ0v) is 4.98. The first-order chi connectivity index (χ1) is 3.80. The number of rotatable bonds is 0.